The van der Waals surface area contributed by atoms with E-state index in [0.29, 0.717) is 23.5 Å². The van der Waals surface area contributed by atoms with E-state index in [9.17, 15) is 9.59 Å². The van der Waals surface area contributed by atoms with E-state index in [1.165, 1.54) is 14.2 Å². The summed E-state index contributed by atoms with van der Waals surface area (Å²) in [4.78, 5) is 23.2. The van der Waals surface area contributed by atoms with Crippen molar-refractivity contribution in [2.75, 3.05) is 14.2 Å². The van der Waals surface area contributed by atoms with E-state index in [1.54, 1.807) is 12.1 Å². The second-order valence-electron chi connectivity index (χ2n) is 3.82. The fourth-order valence-corrected chi connectivity index (χ4v) is 2.23. The van der Waals surface area contributed by atoms with Crippen LogP contribution in [0.5, 0.6) is 11.5 Å². The van der Waals surface area contributed by atoms with Crippen LogP contribution in [0.1, 0.15) is 15.9 Å². The Kier molecular flexibility index (Phi) is 3.11. The zero-order chi connectivity index (χ0) is 12.6. The lowest BCUT2D eigenvalue weighted by Gasteiger charge is -2.09. The lowest BCUT2D eigenvalue weighted by Crippen LogP contribution is -2.15. The molecule has 0 amide bonds. The number of rotatable bonds is 3. The van der Waals surface area contributed by atoms with Crippen molar-refractivity contribution in [1.82, 2.24) is 0 Å². The predicted octanol–water partition coefficient (Wildman–Crippen LogP) is 1.52. The third kappa shape index (κ3) is 1.91. The molecule has 0 N–H and O–H groups in total. The van der Waals surface area contributed by atoms with E-state index < -0.39 is 11.0 Å². The van der Waals surface area contributed by atoms with Gasteiger partial charge in [0.1, 0.15) is 0 Å². The molecule has 0 fully saturated rings. The molecule has 0 saturated heterocycles. The van der Waals surface area contributed by atoms with Crippen LogP contribution in [0.15, 0.2) is 12.1 Å². The Bertz CT molecular complexity index is 496. The number of ether oxygens (including phenoxy) is 2. The van der Waals surface area contributed by atoms with Crippen LogP contribution in [0.25, 0.3) is 0 Å². The number of carbonyl (C=O) groups excluding carboxylic acids is 2. The Balaban J connectivity index is 2.49. The molecule has 1 aliphatic rings. The third-order valence-electron chi connectivity index (χ3n) is 2.91. The number of carbonyl (C=O) groups is 2. The summed E-state index contributed by atoms with van der Waals surface area (Å²) in [7, 11) is 3.03. The van der Waals surface area contributed by atoms with Crippen LogP contribution in [0, 0.1) is 5.92 Å². The van der Waals surface area contributed by atoms with Crippen LogP contribution < -0.4 is 9.47 Å². The van der Waals surface area contributed by atoms with Gasteiger partial charge in [0.2, 0.25) is 0 Å². The SMILES string of the molecule is COc1cc2c(cc1OC)C(=O)C(C(=O)S)C2. The quantitative estimate of drug-likeness (QED) is 0.654. The van der Waals surface area contributed by atoms with E-state index in [-0.39, 0.29) is 5.78 Å². The molecule has 1 aromatic rings. The number of hydrogen-bond acceptors (Lipinski definition) is 4. The van der Waals surface area contributed by atoms with E-state index in [0.717, 1.165) is 5.56 Å². The summed E-state index contributed by atoms with van der Waals surface area (Å²) in [5, 5.41) is -0.399. The number of fused-ring (bicyclic) bond motifs is 1. The molecular formula is C12H12O4S. The van der Waals surface area contributed by atoms with E-state index in [1.807, 2.05) is 0 Å². The first-order chi connectivity index (χ1) is 8.08. The number of benzene rings is 1. The van der Waals surface area contributed by atoms with Gasteiger partial charge in [0, 0.05) is 5.56 Å². The van der Waals surface area contributed by atoms with E-state index in [2.05, 4.69) is 12.6 Å². The minimum atomic E-state index is -0.676. The molecule has 5 heteroatoms. The smallest absolute Gasteiger partial charge is 0.197 e. The van der Waals surface area contributed by atoms with Gasteiger partial charge in [0.05, 0.1) is 20.1 Å². The van der Waals surface area contributed by atoms with Crippen molar-refractivity contribution < 1.29 is 19.1 Å². The molecule has 0 saturated carbocycles. The highest BCUT2D eigenvalue weighted by Gasteiger charge is 2.35. The molecule has 1 aliphatic carbocycles. The number of ketones is 1. The average Bonchev–Trinajstić information content (AvgIpc) is 2.64. The highest BCUT2D eigenvalue weighted by atomic mass is 32.1. The summed E-state index contributed by atoms with van der Waals surface area (Å²) in [6.07, 6.45) is 0.386. The van der Waals surface area contributed by atoms with Crippen molar-refractivity contribution in [3.05, 3.63) is 23.3 Å². The van der Waals surface area contributed by atoms with Gasteiger partial charge >= 0.3 is 0 Å². The molecule has 0 aromatic heterocycles. The molecule has 1 atom stereocenters. The summed E-state index contributed by atoms with van der Waals surface area (Å²) in [5.74, 6) is 0.185. The summed E-state index contributed by atoms with van der Waals surface area (Å²) >= 11 is 3.73. The average molecular weight is 252 g/mol. The first-order valence-electron chi connectivity index (χ1n) is 5.10. The molecule has 0 bridgehead atoms. The van der Waals surface area contributed by atoms with E-state index >= 15 is 0 Å². The van der Waals surface area contributed by atoms with Crippen LogP contribution in [0.3, 0.4) is 0 Å². The summed E-state index contributed by atoms with van der Waals surface area (Å²) in [6, 6.07) is 3.36. The van der Waals surface area contributed by atoms with Gasteiger partial charge < -0.3 is 9.47 Å². The molecule has 1 unspecified atom stereocenters. The highest BCUT2D eigenvalue weighted by molar-refractivity contribution is 7.96. The van der Waals surface area contributed by atoms with Crippen molar-refractivity contribution >= 4 is 23.5 Å². The maximum Gasteiger partial charge on any atom is 0.197 e. The standard InChI is InChI=1S/C12H12O4S/c1-15-9-4-6-3-8(12(14)17)11(13)7(6)5-10(9)16-2/h4-5,8H,3H2,1-2H3,(H,14,17). The lowest BCUT2D eigenvalue weighted by molar-refractivity contribution is -0.112. The Labute approximate surface area is 104 Å². The monoisotopic (exact) mass is 252 g/mol. The fourth-order valence-electron chi connectivity index (χ4n) is 2.02. The topological polar surface area (TPSA) is 52.6 Å². The zero-order valence-electron chi connectivity index (χ0n) is 9.52. The molecule has 0 spiro atoms. The third-order valence-corrected chi connectivity index (χ3v) is 3.23. The molecule has 17 heavy (non-hydrogen) atoms. The summed E-state index contributed by atoms with van der Waals surface area (Å²) in [5.41, 5.74) is 1.33. The van der Waals surface area contributed by atoms with Crippen LogP contribution >= 0.6 is 12.6 Å². The molecule has 90 valence electrons. The molecular weight excluding hydrogens is 240 g/mol. The molecule has 2 rings (SSSR count). The van der Waals surface area contributed by atoms with Crippen molar-refractivity contribution in [1.29, 1.82) is 0 Å². The van der Waals surface area contributed by atoms with Crippen molar-refractivity contribution in [2.45, 2.75) is 6.42 Å². The maximum atomic E-state index is 11.9. The molecule has 0 aliphatic heterocycles. The van der Waals surface area contributed by atoms with Gasteiger partial charge in [0.15, 0.2) is 22.4 Å². The zero-order valence-corrected chi connectivity index (χ0v) is 10.4. The largest absolute Gasteiger partial charge is 0.493 e. The van der Waals surface area contributed by atoms with Crippen LogP contribution in [-0.2, 0) is 11.2 Å². The first kappa shape index (κ1) is 12.0. The molecule has 4 nitrogen and oxygen atoms in total. The number of thiol groups is 1. The van der Waals surface area contributed by atoms with Crippen LogP contribution in [0.4, 0.5) is 0 Å². The van der Waals surface area contributed by atoms with Crippen molar-refractivity contribution in [3.63, 3.8) is 0 Å². The molecule has 1 aromatic carbocycles. The molecule has 0 radical (unpaired) electrons. The summed E-state index contributed by atoms with van der Waals surface area (Å²) in [6.45, 7) is 0. The number of Topliss-reactive ketones (excluding diaryl/α,β-unsaturated/α-hetero) is 1. The number of hydrogen-bond donors (Lipinski definition) is 1. The van der Waals surface area contributed by atoms with Crippen LogP contribution in [-0.4, -0.2) is 25.1 Å². The Morgan fingerprint density at radius 1 is 1.29 bits per heavy atom. The Hall–Kier alpha value is -1.49. The van der Waals surface area contributed by atoms with Gasteiger partial charge in [0.25, 0.3) is 0 Å². The summed E-state index contributed by atoms with van der Waals surface area (Å²) < 4.78 is 10.3. The lowest BCUT2D eigenvalue weighted by atomic mass is 10.1. The van der Waals surface area contributed by atoms with Gasteiger partial charge in [-0.1, -0.05) is 0 Å². The van der Waals surface area contributed by atoms with Crippen LogP contribution in [0.2, 0.25) is 0 Å². The van der Waals surface area contributed by atoms with Crippen molar-refractivity contribution in [2.24, 2.45) is 5.92 Å². The predicted molar refractivity (Wildman–Crippen MR) is 65.1 cm³/mol. The van der Waals surface area contributed by atoms with Gasteiger partial charge in [-0.2, -0.15) is 0 Å². The first-order valence-corrected chi connectivity index (χ1v) is 5.55. The Morgan fingerprint density at radius 2 is 1.88 bits per heavy atom. The van der Waals surface area contributed by atoms with Crippen molar-refractivity contribution in [3.8, 4) is 11.5 Å². The maximum absolute atomic E-state index is 11.9. The Morgan fingerprint density at radius 3 is 2.41 bits per heavy atom. The minimum absolute atomic E-state index is 0.194. The van der Waals surface area contributed by atoms with E-state index in [4.69, 9.17) is 9.47 Å². The second-order valence-corrected chi connectivity index (χ2v) is 4.26. The van der Waals surface area contributed by atoms with Gasteiger partial charge in [-0.25, -0.2) is 0 Å². The van der Waals surface area contributed by atoms with Gasteiger partial charge in [-0.15, -0.1) is 12.6 Å². The van der Waals surface area contributed by atoms with Gasteiger partial charge in [-0.05, 0) is 24.1 Å². The number of methoxy groups -OCH3 is 2. The normalized spacial score (nSPS) is 17.8. The molecule has 0 heterocycles. The fraction of sp³-hybridized carbons (Fsp3) is 0.333. The minimum Gasteiger partial charge on any atom is -0.493 e. The van der Waals surface area contributed by atoms with Gasteiger partial charge in [-0.3, -0.25) is 9.59 Å². The highest BCUT2D eigenvalue weighted by Crippen LogP contribution is 2.37. The second kappa shape index (κ2) is 4.41.